The van der Waals surface area contributed by atoms with Gasteiger partial charge in [-0.2, -0.15) is 0 Å². The summed E-state index contributed by atoms with van der Waals surface area (Å²) >= 11 is 0. The molecule has 0 aliphatic carbocycles. The van der Waals surface area contributed by atoms with E-state index in [1.54, 1.807) is 0 Å². The van der Waals surface area contributed by atoms with Gasteiger partial charge in [-0.05, 0) is 35.4 Å². The Morgan fingerprint density at radius 2 is 1.61 bits per heavy atom. The number of unbranched alkanes of at least 4 members (excludes halogenated alkanes) is 2. The second kappa shape index (κ2) is 8.28. The third-order valence-corrected chi connectivity index (χ3v) is 3.78. The zero-order valence-corrected chi connectivity index (χ0v) is 11.9. The first-order valence-corrected chi connectivity index (χ1v) is 7.29. The SMILES string of the molecule is CCCCCC(CC)c1c(CN)cccc1CN. The molecule has 0 amide bonds. The maximum Gasteiger partial charge on any atom is 0.0181 e. The maximum atomic E-state index is 5.88. The van der Waals surface area contributed by atoms with Crippen LogP contribution in [-0.2, 0) is 13.1 Å². The van der Waals surface area contributed by atoms with E-state index in [1.807, 2.05) is 0 Å². The van der Waals surface area contributed by atoms with E-state index in [0.717, 1.165) is 0 Å². The topological polar surface area (TPSA) is 52.0 Å². The predicted octanol–water partition coefficient (Wildman–Crippen LogP) is 3.68. The van der Waals surface area contributed by atoms with Crippen molar-refractivity contribution in [3.05, 3.63) is 34.9 Å². The minimum atomic E-state index is 0.619. The summed E-state index contributed by atoms with van der Waals surface area (Å²) in [6, 6.07) is 6.38. The Labute approximate surface area is 112 Å². The summed E-state index contributed by atoms with van der Waals surface area (Å²) in [6.45, 7) is 5.76. The van der Waals surface area contributed by atoms with Crippen molar-refractivity contribution in [3.8, 4) is 0 Å². The fourth-order valence-electron chi connectivity index (χ4n) is 2.74. The van der Waals surface area contributed by atoms with Crippen molar-refractivity contribution in [2.45, 2.75) is 65.0 Å². The summed E-state index contributed by atoms with van der Waals surface area (Å²) in [4.78, 5) is 0. The van der Waals surface area contributed by atoms with E-state index in [9.17, 15) is 0 Å². The Kier molecular flexibility index (Phi) is 6.99. The van der Waals surface area contributed by atoms with Gasteiger partial charge in [0.2, 0.25) is 0 Å². The molecule has 1 atom stereocenters. The normalized spacial score (nSPS) is 12.7. The van der Waals surface area contributed by atoms with Gasteiger partial charge in [0, 0.05) is 13.1 Å². The van der Waals surface area contributed by atoms with Gasteiger partial charge in [-0.3, -0.25) is 0 Å². The molecule has 1 aromatic rings. The molecule has 0 saturated carbocycles. The molecule has 0 bridgehead atoms. The van der Waals surface area contributed by atoms with Crippen LogP contribution in [0.15, 0.2) is 18.2 Å². The molecule has 0 spiro atoms. The molecular formula is C16H28N2. The summed E-state index contributed by atoms with van der Waals surface area (Å²) in [5.41, 5.74) is 15.8. The lowest BCUT2D eigenvalue weighted by Gasteiger charge is -2.22. The van der Waals surface area contributed by atoms with Crippen molar-refractivity contribution in [2.24, 2.45) is 11.5 Å². The quantitative estimate of drug-likeness (QED) is 0.690. The molecule has 0 aliphatic heterocycles. The summed E-state index contributed by atoms with van der Waals surface area (Å²) in [5.74, 6) is 0.620. The first kappa shape index (κ1) is 15.2. The number of rotatable bonds is 8. The lowest BCUT2D eigenvalue weighted by molar-refractivity contribution is 0.546. The van der Waals surface area contributed by atoms with Gasteiger partial charge < -0.3 is 11.5 Å². The summed E-state index contributed by atoms with van der Waals surface area (Å²) in [6.07, 6.45) is 6.33. The smallest absolute Gasteiger partial charge is 0.0181 e. The highest BCUT2D eigenvalue weighted by atomic mass is 14.5. The number of nitrogens with two attached hydrogens (primary N) is 2. The van der Waals surface area contributed by atoms with E-state index in [0.29, 0.717) is 19.0 Å². The van der Waals surface area contributed by atoms with E-state index in [1.165, 1.54) is 48.8 Å². The molecule has 1 rings (SSSR count). The fraction of sp³-hybridized carbons (Fsp3) is 0.625. The zero-order chi connectivity index (χ0) is 13.4. The number of hydrogen-bond donors (Lipinski definition) is 2. The molecule has 0 aliphatic rings. The third-order valence-electron chi connectivity index (χ3n) is 3.78. The van der Waals surface area contributed by atoms with Gasteiger partial charge >= 0.3 is 0 Å². The van der Waals surface area contributed by atoms with Crippen molar-refractivity contribution in [1.29, 1.82) is 0 Å². The van der Waals surface area contributed by atoms with Crippen LogP contribution >= 0.6 is 0 Å². The van der Waals surface area contributed by atoms with E-state index in [2.05, 4.69) is 32.0 Å². The monoisotopic (exact) mass is 248 g/mol. The van der Waals surface area contributed by atoms with Crippen LogP contribution in [0.5, 0.6) is 0 Å². The van der Waals surface area contributed by atoms with Crippen molar-refractivity contribution >= 4 is 0 Å². The van der Waals surface area contributed by atoms with E-state index in [4.69, 9.17) is 11.5 Å². The molecule has 0 radical (unpaired) electrons. The van der Waals surface area contributed by atoms with Gasteiger partial charge in [-0.1, -0.05) is 51.3 Å². The van der Waals surface area contributed by atoms with Gasteiger partial charge in [-0.15, -0.1) is 0 Å². The Morgan fingerprint density at radius 3 is 2.06 bits per heavy atom. The standard InChI is InChI=1S/C16H28N2/c1-3-5-6-8-13(4-2)16-14(11-17)9-7-10-15(16)12-18/h7,9-10,13H,3-6,8,11-12,17-18H2,1-2H3. The van der Waals surface area contributed by atoms with Crippen LogP contribution in [0, 0.1) is 0 Å². The Bertz CT molecular complexity index is 325. The Hall–Kier alpha value is -0.860. The first-order valence-electron chi connectivity index (χ1n) is 7.29. The van der Waals surface area contributed by atoms with Crippen LogP contribution in [0.25, 0.3) is 0 Å². The highest BCUT2D eigenvalue weighted by Gasteiger charge is 2.16. The predicted molar refractivity (Wildman–Crippen MR) is 79.4 cm³/mol. The van der Waals surface area contributed by atoms with Crippen molar-refractivity contribution in [2.75, 3.05) is 0 Å². The molecule has 0 aromatic heterocycles. The Morgan fingerprint density at radius 1 is 1.00 bits per heavy atom. The lowest BCUT2D eigenvalue weighted by Crippen LogP contribution is -2.12. The summed E-state index contributed by atoms with van der Waals surface area (Å²) in [5, 5.41) is 0. The lowest BCUT2D eigenvalue weighted by atomic mass is 9.84. The molecular weight excluding hydrogens is 220 g/mol. The van der Waals surface area contributed by atoms with E-state index >= 15 is 0 Å². The number of hydrogen-bond acceptors (Lipinski definition) is 2. The minimum absolute atomic E-state index is 0.619. The summed E-state index contributed by atoms with van der Waals surface area (Å²) in [7, 11) is 0. The van der Waals surface area contributed by atoms with Gasteiger partial charge in [0.15, 0.2) is 0 Å². The highest BCUT2D eigenvalue weighted by molar-refractivity contribution is 5.38. The van der Waals surface area contributed by atoms with Gasteiger partial charge in [0.1, 0.15) is 0 Å². The molecule has 0 heterocycles. The molecule has 0 saturated heterocycles. The second-order valence-electron chi connectivity index (χ2n) is 5.00. The first-order chi connectivity index (χ1) is 8.78. The van der Waals surface area contributed by atoms with Crippen LogP contribution in [-0.4, -0.2) is 0 Å². The summed E-state index contributed by atoms with van der Waals surface area (Å²) < 4.78 is 0. The Balaban J connectivity index is 2.94. The molecule has 2 nitrogen and oxygen atoms in total. The van der Waals surface area contributed by atoms with Crippen LogP contribution in [0.4, 0.5) is 0 Å². The minimum Gasteiger partial charge on any atom is -0.326 e. The highest BCUT2D eigenvalue weighted by Crippen LogP contribution is 2.31. The molecule has 1 aromatic carbocycles. The fourth-order valence-corrected chi connectivity index (χ4v) is 2.74. The van der Waals surface area contributed by atoms with E-state index < -0.39 is 0 Å². The van der Waals surface area contributed by atoms with Crippen molar-refractivity contribution < 1.29 is 0 Å². The van der Waals surface area contributed by atoms with Gasteiger partial charge in [0.05, 0.1) is 0 Å². The van der Waals surface area contributed by atoms with Crippen LogP contribution in [0.1, 0.15) is 68.6 Å². The molecule has 18 heavy (non-hydrogen) atoms. The van der Waals surface area contributed by atoms with Gasteiger partial charge in [-0.25, -0.2) is 0 Å². The largest absolute Gasteiger partial charge is 0.326 e. The average Bonchev–Trinajstić information content (AvgIpc) is 2.43. The van der Waals surface area contributed by atoms with Crippen molar-refractivity contribution in [1.82, 2.24) is 0 Å². The maximum absolute atomic E-state index is 5.88. The molecule has 1 unspecified atom stereocenters. The third kappa shape index (κ3) is 3.82. The molecule has 2 heteroatoms. The zero-order valence-electron chi connectivity index (χ0n) is 11.9. The number of benzene rings is 1. The molecule has 102 valence electrons. The van der Waals surface area contributed by atoms with Crippen molar-refractivity contribution in [3.63, 3.8) is 0 Å². The van der Waals surface area contributed by atoms with E-state index in [-0.39, 0.29) is 0 Å². The molecule has 4 N–H and O–H groups in total. The van der Waals surface area contributed by atoms with Crippen LogP contribution < -0.4 is 11.5 Å². The van der Waals surface area contributed by atoms with Gasteiger partial charge in [0.25, 0.3) is 0 Å². The molecule has 0 fully saturated rings. The van der Waals surface area contributed by atoms with Crippen LogP contribution in [0.3, 0.4) is 0 Å². The van der Waals surface area contributed by atoms with Crippen LogP contribution in [0.2, 0.25) is 0 Å². The second-order valence-corrected chi connectivity index (χ2v) is 5.00. The average molecular weight is 248 g/mol.